The van der Waals surface area contributed by atoms with Crippen molar-refractivity contribution in [1.82, 2.24) is 5.32 Å². The second-order valence-electron chi connectivity index (χ2n) is 4.31. The van der Waals surface area contributed by atoms with Gasteiger partial charge in [0.15, 0.2) is 0 Å². The molecule has 0 aromatic heterocycles. The Morgan fingerprint density at radius 2 is 2.17 bits per heavy atom. The quantitative estimate of drug-likeness (QED) is 0.813. The molecule has 1 aromatic carbocycles. The van der Waals surface area contributed by atoms with Gasteiger partial charge in [0.05, 0.1) is 6.61 Å². The van der Waals surface area contributed by atoms with Gasteiger partial charge >= 0.3 is 0 Å². The fourth-order valence-electron chi connectivity index (χ4n) is 1.73. The largest absolute Gasteiger partial charge is 0.388 e. The number of hydrogen-bond acceptors (Lipinski definition) is 3. The lowest BCUT2D eigenvalue weighted by Gasteiger charge is -2.14. The van der Waals surface area contributed by atoms with E-state index in [0.29, 0.717) is 18.8 Å². The minimum Gasteiger partial charge on any atom is -0.388 e. The van der Waals surface area contributed by atoms with Gasteiger partial charge in [-0.25, -0.2) is 0 Å². The number of benzene rings is 1. The van der Waals surface area contributed by atoms with E-state index in [0.717, 1.165) is 11.3 Å². The minimum absolute atomic E-state index is 0.0155. The van der Waals surface area contributed by atoms with Crippen molar-refractivity contribution in [3.63, 3.8) is 0 Å². The molecule has 18 heavy (non-hydrogen) atoms. The summed E-state index contributed by atoms with van der Waals surface area (Å²) in [6.45, 7) is 7.05. The average Bonchev–Trinajstić information content (AvgIpc) is 2.36. The van der Waals surface area contributed by atoms with Crippen molar-refractivity contribution in [3.05, 3.63) is 29.3 Å². The Labute approximate surface area is 109 Å². The molecule has 1 atom stereocenters. The van der Waals surface area contributed by atoms with Crippen LogP contribution in [0.4, 0.5) is 5.69 Å². The van der Waals surface area contributed by atoms with Gasteiger partial charge in [-0.2, -0.15) is 0 Å². The molecule has 0 aliphatic rings. The number of ether oxygens (including phenoxy) is 1. The van der Waals surface area contributed by atoms with Crippen molar-refractivity contribution in [2.75, 3.05) is 25.6 Å². The summed E-state index contributed by atoms with van der Waals surface area (Å²) in [5.74, 6) is -0.0621. The molecule has 0 saturated heterocycles. The van der Waals surface area contributed by atoms with Crippen molar-refractivity contribution in [2.24, 2.45) is 0 Å². The van der Waals surface area contributed by atoms with Crippen molar-refractivity contribution >= 4 is 11.6 Å². The van der Waals surface area contributed by atoms with E-state index in [1.807, 2.05) is 46.0 Å². The molecule has 0 aliphatic carbocycles. The van der Waals surface area contributed by atoms with Crippen LogP contribution in [0.15, 0.2) is 18.2 Å². The maximum atomic E-state index is 12.0. The van der Waals surface area contributed by atoms with E-state index in [9.17, 15) is 4.79 Å². The number of rotatable bonds is 6. The van der Waals surface area contributed by atoms with Crippen LogP contribution in [0.25, 0.3) is 0 Å². The predicted molar refractivity (Wildman–Crippen MR) is 74.1 cm³/mol. The first-order valence-electron chi connectivity index (χ1n) is 6.25. The van der Waals surface area contributed by atoms with Crippen molar-refractivity contribution in [3.8, 4) is 0 Å². The second-order valence-corrected chi connectivity index (χ2v) is 4.31. The fourth-order valence-corrected chi connectivity index (χ4v) is 1.73. The highest BCUT2D eigenvalue weighted by molar-refractivity contribution is 5.95. The lowest BCUT2D eigenvalue weighted by Crippen LogP contribution is -2.35. The molecule has 1 amide bonds. The summed E-state index contributed by atoms with van der Waals surface area (Å²) in [7, 11) is 1.87. The standard InChI is InChI=1S/C14H22N2O2/c1-5-18-9-11(3)16-14(17)12-6-7-13(15-4)10(2)8-12/h6-8,11,15H,5,9H2,1-4H3,(H,16,17). The zero-order valence-electron chi connectivity index (χ0n) is 11.5. The SMILES string of the molecule is CCOCC(C)NC(=O)c1ccc(NC)c(C)c1. The highest BCUT2D eigenvalue weighted by Gasteiger charge is 2.10. The zero-order chi connectivity index (χ0) is 13.5. The van der Waals surface area contributed by atoms with Gasteiger partial charge in [0, 0.05) is 30.9 Å². The van der Waals surface area contributed by atoms with Gasteiger partial charge < -0.3 is 15.4 Å². The Morgan fingerprint density at radius 1 is 1.44 bits per heavy atom. The Morgan fingerprint density at radius 3 is 2.72 bits per heavy atom. The summed E-state index contributed by atoms with van der Waals surface area (Å²) in [5, 5.41) is 5.99. The van der Waals surface area contributed by atoms with Crippen LogP contribution in [0.1, 0.15) is 29.8 Å². The molecule has 2 N–H and O–H groups in total. The van der Waals surface area contributed by atoms with Gasteiger partial charge in [-0.05, 0) is 44.5 Å². The van der Waals surface area contributed by atoms with Gasteiger partial charge in [-0.3, -0.25) is 4.79 Å². The highest BCUT2D eigenvalue weighted by atomic mass is 16.5. The van der Waals surface area contributed by atoms with Crippen molar-refractivity contribution in [2.45, 2.75) is 26.8 Å². The first kappa shape index (κ1) is 14.5. The molecule has 4 heteroatoms. The summed E-state index contributed by atoms with van der Waals surface area (Å²) < 4.78 is 5.27. The fraction of sp³-hybridized carbons (Fsp3) is 0.500. The van der Waals surface area contributed by atoms with Gasteiger partial charge in [-0.15, -0.1) is 0 Å². The van der Waals surface area contributed by atoms with Crippen LogP contribution in [-0.4, -0.2) is 32.2 Å². The van der Waals surface area contributed by atoms with E-state index < -0.39 is 0 Å². The normalized spacial score (nSPS) is 12.0. The predicted octanol–water partition coefficient (Wildman–Crippen LogP) is 2.19. The summed E-state index contributed by atoms with van der Waals surface area (Å²) in [6.07, 6.45) is 0. The molecular weight excluding hydrogens is 228 g/mol. The number of aryl methyl sites for hydroxylation is 1. The number of anilines is 1. The van der Waals surface area contributed by atoms with E-state index in [4.69, 9.17) is 4.74 Å². The molecule has 0 aliphatic heterocycles. The average molecular weight is 250 g/mol. The molecule has 0 heterocycles. The number of carbonyl (C=O) groups excluding carboxylic acids is 1. The maximum absolute atomic E-state index is 12.0. The molecule has 1 aromatic rings. The summed E-state index contributed by atoms with van der Waals surface area (Å²) in [6, 6.07) is 5.63. The lowest BCUT2D eigenvalue weighted by atomic mass is 10.1. The Kier molecular flexibility index (Phi) is 5.65. The Bertz CT molecular complexity index is 405. The third-order valence-electron chi connectivity index (χ3n) is 2.71. The molecule has 1 unspecified atom stereocenters. The van der Waals surface area contributed by atoms with Crippen LogP contribution in [-0.2, 0) is 4.74 Å². The summed E-state index contributed by atoms with van der Waals surface area (Å²) in [5.41, 5.74) is 2.77. The Hall–Kier alpha value is -1.55. The maximum Gasteiger partial charge on any atom is 0.251 e. The molecule has 1 rings (SSSR count). The van der Waals surface area contributed by atoms with E-state index >= 15 is 0 Å². The number of carbonyl (C=O) groups is 1. The zero-order valence-corrected chi connectivity index (χ0v) is 11.5. The van der Waals surface area contributed by atoms with E-state index in [-0.39, 0.29) is 11.9 Å². The van der Waals surface area contributed by atoms with Crippen LogP contribution in [0.3, 0.4) is 0 Å². The van der Waals surface area contributed by atoms with E-state index in [2.05, 4.69) is 10.6 Å². The van der Waals surface area contributed by atoms with Gasteiger partial charge in [-0.1, -0.05) is 0 Å². The molecule has 0 radical (unpaired) electrons. The first-order valence-corrected chi connectivity index (χ1v) is 6.25. The highest BCUT2D eigenvalue weighted by Crippen LogP contribution is 2.15. The van der Waals surface area contributed by atoms with Crippen LogP contribution in [0.5, 0.6) is 0 Å². The van der Waals surface area contributed by atoms with Gasteiger partial charge in [0.1, 0.15) is 0 Å². The minimum atomic E-state index is -0.0621. The van der Waals surface area contributed by atoms with Gasteiger partial charge in [0.25, 0.3) is 5.91 Å². The van der Waals surface area contributed by atoms with Crippen LogP contribution in [0, 0.1) is 6.92 Å². The molecule has 100 valence electrons. The number of amides is 1. The summed E-state index contributed by atoms with van der Waals surface area (Å²) in [4.78, 5) is 12.0. The smallest absolute Gasteiger partial charge is 0.251 e. The molecule has 0 bridgehead atoms. The van der Waals surface area contributed by atoms with E-state index in [1.165, 1.54) is 0 Å². The third-order valence-corrected chi connectivity index (χ3v) is 2.71. The number of hydrogen-bond donors (Lipinski definition) is 2. The Balaban J connectivity index is 2.64. The topological polar surface area (TPSA) is 50.4 Å². The third kappa shape index (κ3) is 4.04. The van der Waals surface area contributed by atoms with Gasteiger partial charge in [0.2, 0.25) is 0 Å². The van der Waals surface area contributed by atoms with Crippen LogP contribution >= 0.6 is 0 Å². The number of nitrogens with one attached hydrogen (secondary N) is 2. The van der Waals surface area contributed by atoms with Crippen molar-refractivity contribution in [1.29, 1.82) is 0 Å². The molecular formula is C14H22N2O2. The van der Waals surface area contributed by atoms with Crippen LogP contribution in [0.2, 0.25) is 0 Å². The molecule has 4 nitrogen and oxygen atoms in total. The summed E-state index contributed by atoms with van der Waals surface area (Å²) >= 11 is 0. The monoisotopic (exact) mass is 250 g/mol. The molecule has 0 fully saturated rings. The molecule has 0 saturated carbocycles. The van der Waals surface area contributed by atoms with Crippen molar-refractivity contribution < 1.29 is 9.53 Å². The molecule has 0 spiro atoms. The first-order chi connectivity index (χ1) is 8.58. The second kappa shape index (κ2) is 7.01. The van der Waals surface area contributed by atoms with E-state index in [1.54, 1.807) is 0 Å². The van der Waals surface area contributed by atoms with Crippen LogP contribution < -0.4 is 10.6 Å². The lowest BCUT2D eigenvalue weighted by molar-refractivity contribution is 0.0872.